The van der Waals surface area contributed by atoms with Crippen LogP contribution >= 0.6 is 0 Å². The summed E-state index contributed by atoms with van der Waals surface area (Å²) in [4.78, 5) is 12.6. The highest BCUT2D eigenvalue weighted by Gasteiger charge is 2.20. The third kappa shape index (κ3) is 3.44. The minimum Gasteiger partial charge on any atom is -0.396 e. The van der Waals surface area contributed by atoms with Crippen LogP contribution in [0.2, 0.25) is 0 Å². The molecular weight excluding hydrogens is 166 g/mol. The molecule has 0 radical (unpaired) electrons. The molecule has 0 aliphatic carbocycles. The zero-order chi connectivity index (χ0) is 9.52. The average Bonchev–Trinajstić information content (AvgIpc) is 2.17. The lowest BCUT2D eigenvalue weighted by molar-refractivity contribution is -0.108. The van der Waals surface area contributed by atoms with Gasteiger partial charge in [-0.25, -0.2) is 0 Å². The van der Waals surface area contributed by atoms with Crippen LogP contribution in [0.25, 0.3) is 0 Å². The van der Waals surface area contributed by atoms with Crippen LogP contribution in [0.4, 0.5) is 0 Å². The molecule has 0 amide bonds. The number of likely N-dealkylation sites (tertiary alicyclic amines) is 1. The van der Waals surface area contributed by atoms with Crippen LogP contribution in [0.5, 0.6) is 0 Å². The molecule has 0 bridgehead atoms. The molecule has 0 aromatic carbocycles. The Morgan fingerprint density at radius 1 is 1.46 bits per heavy atom. The summed E-state index contributed by atoms with van der Waals surface area (Å²) in [5.41, 5.74) is 0. The summed E-state index contributed by atoms with van der Waals surface area (Å²) < 4.78 is 0. The summed E-state index contributed by atoms with van der Waals surface area (Å²) in [5, 5.41) is 8.87. The molecule has 1 aliphatic heterocycles. The molecule has 1 unspecified atom stereocenters. The molecule has 1 atom stereocenters. The molecule has 1 N–H and O–H groups in total. The van der Waals surface area contributed by atoms with E-state index in [0.29, 0.717) is 12.5 Å². The lowest BCUT2D eigenvalue weighted by Crippen LogP contribution is -2.40. The molecule has 0 aromatic heterocycles. The van der Waals surface area contributed by atoms with Crippen LogP contribution in [0.15, 0.2) is 0 Å². The Kier molecular flexibility index (Phi) is 5.01. The van der Waals surface area contributed by atoms with E-state index in [2.05, 4.69) is 4.90 Å². The molecule has 1 rings (SSSR count). The Labute approximate surface area is 79.7 Å². The molecule has 1 heterocycles. The van der Waals surface area contributed by atoms with E-state index in [1.807, 2.05) is 0 Å². The van der Waals surface area contributed by atoms with Crippen LogP contribution in [0.1, 0.15) is 32.1 Å². The highest BCUT2D eigenvalue weighted by molar-refractivity contribution is 5.49. The number of carbonyl (C=O) groups excluding carboxylic acids is 1. The number of carbonyl (C=O) groups is 1. The minimum absolute atomic E-state index is 0.266. The van der Waals surface area contributed by atoms with Crippen molar-refractivity contribution >= 4 is 6.29 Å². The third-order valence-corrected chi connectivity index (χ3v) is 2.75. The maximum atomic E-state index is 10.2. The molecule has 3 heteroatoms. The summed E-state index contributed by atoms with van der Waals surface area (Å²) in [5.74, 6) is 0. The number of piperidine rings is 1. The first-order valence-electron chi connectivity index (χ1n) is 5.17. The van der Waals surface area contributed by atoms with Gasteiger partial charge in [-0.15, -0.1) is 0 Å². The molecule has 1 aliphatic rings. The standard InChI is InChI=1S/C10H19NO2/c12-8-3-7-11-6-2-1-4-10(11)5-9-13/h8,10,13H,1-7,9H2. The van der Waals surface area contributed by atoms with Crippen LogP contribution < -0.4 is 0 Å². The number of nitrogens with zero attached hydrogens (tertiary/aromatic N) is 1. The molecule has 3 nitrogen and oxygen atoms in total. The van der Waals surface area contributed by atoms with E-state index in [-0.39, 0.29) is 6.61 Å². The highest BCUT2D eigenvalue weighted by Crippen LogP contribution is 2.19. The van der Waals surface area contributed by atoms with Gasteiger partial charge in [0.25, 0.3) is 0 Å². The van der Waals surface area contributed by atoms with Gasteiger partial charge in [0.05, 0.1) is 0 Å². The largest absolute Gasteiger partial charge is 0.396 e. The summed E-state index contributed by atoms with van der Waals surface area (Å²) in [6, 6.07) is 0.513. The van der Waals surface area contributed by atoms with Gasteiger partial charge >= 0.3 is 0 Å². The lowest BCUT2D eigenvalue weighted by Gasteiger charge is -2.35. The number of aliphatic hydroxyl groups is 1. The second-order valence-corrected chi connectivity index (χ2v) is 3.65. The van der Waals surface area contributed by atoms with Crippen molar-refractivity contribution < 1.29 is 9.90 Å². The van der Waals surface area contributed by atoms with Crippen molar-refractivity contribution in [3.05, 3.63) is 0 Å². The zero-order valence-corrected chi connectivity index (χ0v) is 8.11. The first kappa shape index (κ1) is 10.7. The molecule has 13 heavy (non-hydrogen) atoms. The normalized spacial score (nSPS) is 24.5. The fraction of sp³-hybridized carbons (Fsp3) is 0.900. The number of aliphatic hydroxyl groups excluding tert-OH is 1. The average molecular weight is 185 g/mol. The van der Waals surface area contributed by atoms with Crippen molar-refractivity contribution in [2.45, 2.75) is 38.1 Å². The van der Waals surface area contributed by atoms with E-state index >= 15 is 0 Å². The second kappa shape index (κ2) is 6.11. The van der Waals surface area contributed by atoms with E-state index in [0.717, 1.165) is 25.8 Å². The smallest absolute Gasteiger partial charge is 0.121 e. The van der Waals surface area contributed by atoms with Crippen molar-refractivity contribution in [1.82, 2.24) is 4.90 Å². The minimum atomic E-state index is 0.266. The number of aldehydes is 1. The van der Waals surface area contributed by atoms with Crippen molar-refractivity contribution in [3.8, 4) is 0 Å². The van der Waals surface area contributed by atoms with Gasteiger partial charge in [0.1, 0.15) is 6.29 Å². The zero-order valence-electron chi connectivity index (χ0n) is 8.11. The predicted molar refractivity (Wildman–Crippen MR) is 51.6 cm³/mol. The SMILES string of the molecule is O=CCCN1CCCCC1CCO. The number of hydrogen-bond donors (Lipinski definition) is 1. The number of rotatable bonds is 5. The molecule has 0 aromatic rings. The van der Waals surface area contributed by atoms with Gasteiger partial charge in [-0.05, 0) is 25.8 Å². The predicted octanol–water partition coefficient (Wildman–Crippen LogP) is 0.812. The Morgan fingerprint density at radius 3 is 3.00 bits per heavy atom. The van der Waals surface area contributed by atoms with Crippen LogP contribution in [-0.4, -0.2) is 42.0 Å². The maximum absolute atomic E-state index is 10.2. The second-order valence-electron chi connectivity index (χ2n) is 3.65. The fourth-order valence-electron chi connectivity index (χ4n) is 2.05. The summed E-state index contributed by atoms with van der Waals surface area (Å²) in [6.45, 7) is 2.23. The van der Waals surface area contributed by atoms with E-state index in [9.17, 15) is 4.79 Å². The monoisotopic (exact) mass is 185 g/mol. The van der Waals surface area contributed by atoms with E-state index in [1.54, 1.807) is 0 Å². The summed E-state index contributed by atoms with van der Waals surface area (Å²) in [6.07, 6.45) is 6.15. The molecule has 1 fully saturated rings. The van der Waals surface area contributed by atoms with Gasteiger partial charge in [0.15, 0.2) is 0 Å². The van der Waals surface area contributed by atoms with E-state index < -0.39 is 0 Å². The van der Waals surface area contributed by atoms with Crippen molar-refractivity contribution in [3.63, 3.8) is 0 Å². The van der Waals surface area contributed by atoms with Crippen LogP contribution in [-0.2, 0) is 4.79 Å². The first-order chi connectivity index (χ1) is 6.38. The van der Waals surface area contributed by atoms with Gasteiger partial charge in [-0.1, -0.05) is 6.42 Å². The molecule has 0 spiro atoms. The van der Waals surface area contributed by atoms with Gasteiger partial charge in [-0.3, -0.25) is 4.90 Å². The molecule has 0 saturated carbocycles. The molecule has 1 saturated heterocycles. The third-order valence-electron chi connectivity index (χ3n) is 2.75. The Morgan fingerprint density at radius 2 is 2.31 bits per heavy atom. The van der Waals surface area contributed by atoms with Gasteiger partial charge in [-0.2, -0.15) is 0 Å². The lowest BCUT2D eigenvalue weighted by atomic mass is 9.99. The van der Waals surface area contributed by atoms with Gasteiger partial charge in [0.2, 0.25) is 0 Å². The van der Waals surface area contributed by atoms with Crippen molar-refractivity contribution in [1.29, 1.82) is 0 Å². The van der Waals surface area contributed by atoms with E-state index in [4.69, 9.17) is 5.11 Å². The van der Waals surface area contributed by atoms with E-state index in [1.165, 1.54) is 19.3 Å². The quantitative estimate of drug-likeness (QED) is 0.644. The maximum Gasteiger partial charge on any atom is 0.121 e. The van der Waals surface area contributed by atoms with Gasteiger partial charge < -0.3 is 9.90 Å². The van der Waals surface area contributed by atoms with Crippen LogP contribution in [0, 0.1) is 0 Å². The highest BCUT2D eigenvalue weighted by atomic mass is 16.3. The van der Waals surface area contributed by atoms with Crippen molar-refractivity contribution in [2.24, 2.45) is 0 Å². The summed E-state index contributed by atoms with van der Waals surface area (Å²) >= 11 is 0. The number of hydrogen-bond acceptors (Lipinski definition) is 3. The summed E-state index contributed by atoms with van der Waals surface area (Å²) in [7, 11) is 0. The topological polar surface area (TPSA) is 40.5 Å². The van der Waals surface area contributed by atoms with Crippen molar-refractivity contribution in [2.75, 3.05) is 19.7 Å². The Hall–Kier alpha value is -0.410. The molecule has 76 valence electrons. The Balaban J connectivity index is 2.31. The van der Waals surface area contributed by atoms with Gasteiger partial charge in [0, 0.05) is 25.6 Å². The fourth-order valence-corrected chi connectivity index (χ4v) is 2.05. The molecular formula is C10H19NO2. The first-order valence-corrected chi connectivity index (χ1v) is 5.17. The Bertz CT molecular complexity index is 148. The van der Waals surface area contributed by atoms with Crippen LogP contribution in [0.3, 0.4) is 0 Å².